The highest BCUT2D eigenvalue weighted by Crippen LogP contribution is 2.05. The highest BCUT2D eigenvalue weighted by molar-refractivity contribution is 7.78. The molecule has 64 valence electrons. The van der Waals surface area contributed by atoms with Gasteiger partial charge < -0.3 is 10.9 Å². The summed E-state index contributed by atoms with van der Waals surface area (Å²) >= 11 is 4.49. The molecule has 0 heterocycles. The van der Waals surface area contributed by atoms with Crippen LogP contribution in [0.4, 0.5) is 10.1 Å². The molecule has 0 saturated heterocycles. The average molecular weight is 185 g/mol. The molecule has 0 aliphatic rings. The van der Waals surface area contributed by atoms with E-state index in [2.05, 4.69) is 28.6 Å². The van der Waals surface area contributed by atoms with Gasteiger partial charge in [-0.1, -0.05) is 12.2 Å². The van der Waals surface area contributed by atoms with Gasteiger partial charge in [0.15, 0.2) is 0 Å². The highest BCUT2D eigenvalue weighted by Gasteiger charge is 1.89. The molecule has 0 aliphatic carbocycles. The summed E-state index contributed by atoms with van der Waals surface area (Å²) in [5.74, 6) is -0.261. The van der Waals surface area contributed by atoms with Gasteiger partial charge in [0.25, 0.3) is 0 Å². The molecule has 5 heteroatoms. The Kier molecular flexibility index (Phi) is 3.43. The van der Waals surface area contributed by atoms with Crippen LogP contribution >= 0.6 is 12.2 Å². The van der Waals surface area contributed by atoms with E-state index in [0.29, 0.717) is 0 Å². The molecule has 12 heavy (non-hydrogen) atoms. The molecule has 0 amide bonds. The second-order valence-electron chi connectivity index (χ2n) is 2.02. The van der Waals surface area contributed by atoms with Crippen LogP contribution in [0.3, 0.4) is 0 Å². The first-order valence-electron chi connectivity index (χ1n) is 3.28. The van der Waals surface area contributed by atoms with Crippen LogP contribution in [0.25, 0.3) is 0 Å². The van der Waals surface area contributed by atoms with Gasteiger partial charge in [-0.3, -0.25) is 0 Å². The number of rotatable bonds is 4. The zero-order valence-electron chi connectivity index (χ0n) is 6.17. The van der Waals surface area contributed by atoms with Gasteiger partial charge in [0, 0.05) is 0 Å². The fourth-order valence-electron chi connectivity index (χ4n) is 0.671. The molecule has 0 fully saturated rings. The van der Waals surface area contributed by atoms with Gasteiger partial charge in [-0.2, -0.15) is 0 Å². The van der Waals surface area contributed by atoms with Crippen molar-refractivity contribution in [2.24, 2.45) is 0 Å². The molecule has 1 rings (SSSR count). The van der Waals surface area contributed by atoms with Crippen molar-refractivity contribution >= 4 is 23.4 Å². The van der Waals surface area contributed by atoms with Crippen molar-refractivity contribution in [2.45, 2.75) is 0 Å². The van der Waals surface area contributed by atoms with Crippen LogP contribution in [0.2, 0.25) is 0 Å². The maximum absolute atomic E-state index is 12.4. The van der Waals surface area contributed by atoms with E-state index in [9.17, 15) is 4.39 Å². The number of hydrogen-bond acceptors (Lipinski definition) is 3. The van der Waals surface area contributed by atoms with Gasteiger partial charge in [0.1, 0.15) is 5.82 Å². The Morgan fingerprint density at radius 1 is 1.25 bits per heavy atom. The molecule has 0 radical (unpaired) electrons. The first kappa shape index (κ1) is 8.89. The van der Waals surface area contributed by atoms with Crippen LogP contribution in [-0.2, 0) is 0 Å². The standard InChI is InChI=1S/C7H8FN3S/c8-6-1-3-7(4-2-6)10-11-9-5-12/h1-5,10-11H,(H,9,12). The first-order valence-corrected chi connectivity index (χ1v) is 3.76. The quantitative estimate of drug-likeness (QED) is 0.374. The minimum absolute atomic E-state index is 0.261. The Balaban J connectivity index is 2.42. The molecule has 0 saturated carbocycles. The van der Waals surface area contributed by atoms with E-state index in [4.69, 9.17) is 0 Å². The zero-order chi connectivity index (χ0) is 8.81. The Labute approximate surface area is 74.9 Å². The number of hydrazine groups is 2. The Morgan fingerprint density at radius 2 is 1.92 bits per heavy atom. The lowest BCUT2D eigenvalue weighted by atomic mass is 10.3. The van der Waals surface area contributed by atoms with Crippen molar-refractivity contribution in [3.63, 3.8) is 0 Å². The second-order valence-corrected chi connectivity index (χ2v) is 2.25. The van der Waals surface area contributed by atoms with Gasteiger partial charge >= 0.3 is 0 Å². The van der Waals surface area contributed by atoms with Crippen LogP contribution in [0.1, 0.15) is 0 Å². The van der Waals surface area contributed by atoms with E-state index < -0.39 is 0 Å². The van der Waals surface area contributed by atoms with Crippen LogP contribution in [0.15, 0.2) is 24.3 Å². The fraction of sp³-hybridized carbons (Fsp3) is 0. The van der Waals surface area contributed by atoms with E-state index in [1.54, 1.807) is 12.1 Å². The molecular formula is C7H8FN3S. The predicted molar refractivity (Wildman–Crippen MR) is 49.9 cm³/mol. The lowest BCUT2D eigenvalue weighted by molar-refractivity contribution is 0.627. The molecule has 1 aromatic rings. The monoisotopic (exact) mass is 185 g/mol. The lowest BCUT2D eigenvalue weighted by Crippen LogP contribution is -2.34. The third-order valence-electron chi connectivity index (χ3n) is 1.18. The molecule has 3 N–H and O–H groups in total. The fourth-order valence-corrected chi connectivity index (χ4v) is 0.730. The Bertz CT molecular complexity index is 249. The SMILES string of the molecule is Fc1ccc(NNNC=S)cc1. The van der Waals surface area contributed by atoms with Crippen LogP contribution < -0.4 is 16.4 Å². The van der Waals surface area contributed by atoms with Crippen molar-refractivity contribution in [1.82, 2.24) is 11.0 Å². The number of thiocarbonyl (C=S) groups is 1. The third kappa shape index (κ3) is 2.81. The van der Waals surface area contributed by atoms with E-state index in [1.165, 1.54) is 17.6 Å². The topological polar surface area (TPSA) is 36.1 Å². The summed E-state index contributed by atoms with van der Waals surface area (Å²) in [5, 5.41) is 0. The van der Waals surface area contributed by atoms with Gasteiger partial charge in [0.2, 0.25) is 0 Å². The smallest absolute Gasteiger partial charge is 0.123 e. The number of benzene rings is 1. The number of anilines is 1. The number of hydrogen-bond donors (Lipinski definition) is 3. The maximum atomic E-state index is 12.4. The molecule has 0 aromatic heterocycles. The second kappa shape index (κ2) is 4.63. The Morgan fingerprint density at radius 3 is 2.50 bits per heavy atom. The van der Waals surface area contributed by atoms with Crippen molar-refractivity contribution in [2.75, 3.05) is 5.43 Å². The molecular weight excluding hydrogens is 177 g/mol. The maximum Gasteiger partial charge on any atom is 0.123 e. The predicted octanol–water partition coefficient (Wildman–Crippen LogP) is 1.20. The molecule has 0 bridgehead atoms. The number of nitrogens with one attached hydrogen (secondary N) is 3. The molecule has 3 nitrogen and oxygen atoms in total. The molecule has 0 spiro atoms. The molecule has 0 atom stereocenters. The van der Waals surface area contributed by atoms with Crippen molar-refractivity contribution < 1.29 is 4.39 Å². The molecule has 1 aromatic carbocycles. The summed E-state index contributed by atoms with van der Waals surface area (Å²) in [4.78, 5) is 0. The van der Waals surface area contributed by atoms with E-state index in [0.717, 1.165) is 5.69 Å². The Hall–Kier alpha value is -1.20. The van der Waals surface area contributed by atoms with Gasteiger partial charge in [-0.05, 0) is 24.3 Å². The third-order valence-corrected chi connectivity index (χ3v) is 1.30. The van der Waals surface area contributed by atoms with Crippen molar-refractivity contribution in [1.29, 1.82) is 0 Å². The van der Waals surface area contributed by atoms with Crippen LogP contribution in [-0.4, -0.2) is 5.49 Å². The zero-order valence-corrected chi connectivity index (χ0v) is 6.99. The summed E-state index contributed by atoms with van der Waals surface area (Å²) < 4.78 is 12.4. The lowest BCUT2D eigenvalue weighted by Gasteiger charge is -2.05. The summed E-state index contributed by atoms with van der Waals surface area (Å²) in [6.07, 6.45) is 0. The van der Waals surface area contributed by atoms with E-state index in [1.807, 2.05) is 0 Å². The van der Waals surface area contributed by atoms with E-state index in [-0.39, 0.29) is 5.82 Å². The highest BCUT2D eigenvalue weighted by atomic mass is 32.1. The summed E-state index contributed by atoms with van der Waals surface area (Å²) in [6, 6.07) is 5.93. The first-order chi connectivity index (χ1) is 5.83. The molecule has 0 unspecified atom stereocenters. The number of halogens is 1. The average Bonchev–Trinajstić information content (AvgIpc) is 2.09. The normalized spacial score (nSPS) is 9.08. The van der Waals surface area contributed by atoms with Crippen LogP contribution in [0, 0.1) is 5.82 Å². The largest absolute Gasteiger partial charge is 0.304 e. The van der Waals surface area contributed by atoms with Gasteiger partial charge in [-0.15, -0.1) is 5.53 Å². The minimum atomic E-state index is -0.261. The minimum Gasteiger partial charge on any atom is -0.304 e. The molecule has 0 aliphatic heterocycles. The van der Waals surface area contributed by atoms with Crippen molar-refractivity contribution in [3.8, 4) is 0 Å². The summed E-state index contributed by atoms with van der Waals surface area (Å²) in [6.45, 7) is 0. The van der Waals surface area contributed by atoms with Crippen LogP contribution in [0.5, 0.6) is 0 Å². The van der Waals surface area contributed by atoms with E-state index >= 15 is 0 Å². The van der Waals surface area contributed by atoms with Crippen molar-refractivity contribution in [3.05, 3.63) is 30.1 Å². The summed E-state index contributed by atoms with van der Waals surface area (Å²) in [7, 11) is 0. The summed E-state index contributed by atoms with van der Waals surface area (Å²) in [5.41, 5.74) is 9.95. The van der Waals surface area contributed by atoms with Gasteiger partial charge in [0.05, 0.1) is 11.2 Å². The van der Waals surface area contributed by atoms with Gasteiger partial charge in [-0.25, -0.2) is 4.39 Å².